The lowest BCUT2D eigenvalue weighted by Crippen LogP contribution is -2.29. The first-order chi connectivity index (χ1) is 9.65. The zero-order valence-corrected chi connectivity index (χ0v) is 13.7. The molecule has 0 unspecified atom stereocenters. The highest BCUT2D eigenvalue weighted by Crippen LogP contribution is 2.32. The van der Waals surface area contributed by atoms with E-state index < -0.39 is 0 Å². The van der Waals surface area contributed by atoms with Gasteiger partial charge in [0.2, 0.25) is 0 Å². The number of halogens is 1. The zero-order chi connectivity index (χ0) is 14.5. The molecule has 5 heteroatoms. The molecule has 3 nitrogen and oxygen atoms in total. The summed E-state index contributed by atoms with van der Waals surface area (Å²) in [5, 5.41) is 0.610. The van der Waals surface area contributed by atoms with Crippen LogP contribution in [0.5, 0.6) is 0 Å². The number of aryl methyl sites for hydroxylation is 1. The number of thioether (sulfide) groups is 1. The minimum atomic E-state index is -0.180. The molecule has 2 rings (SSSR count). The quantitative estimate of drug-likeness (QED) is 0.591. The van der Waals surface area contributed by atoms with Crippen molar-refractivity contribution in [2.24, 2.45) is 0 Å². The van der Waals surface area contributed by atoms with E-state index in [0.717, 1.165) is 35.5 Å². The van der Waals surface area contributed by atoms with Crippen LogP contribution in [-0.2, 0) is 11.2 Å². The van der Waals surface area contributed by atoms with Gasteiger partial charge in [0.25, 0.3) is 11.1 Å². The van der Waals surface area contributed by atoms with Crippen LogP contribution in [0.25, 0.3) is 6.08 Å². The highest BCUT2D eigenvalue weighted by molar-refractivity contribution is 9.09. The Kier molecular flexibility index (Phi) is 5.43. The van der Waals surface area contributed by atoms with Gasteiger partial charge in [0.15, 0.2) is 0 Å². The summed E-state index contributed by atoms with van der Waals surface area (Å²) >= 11 is 4.33. The summed E-state index contributed by atoms with van der Waals surface area (Å²) in [5.74, 6) is -0.180. The Labute approximate surface area is 131 Å². The van der Waals surface area contributed by atoms with Crippen LogP contribution in [0, 0.1) is 0 Å². The number of carbonyl (C=O) groups is 2. The van der Waals surface area contributed by atoms with Gasteiger partial charge in [0.05, 0.1) is 4.91 Å². The minimum absolute atomic E-state index is 0.174. The molecule has 106 valence electrons. The number of alkyl halides is 1. The summed E-state index contributed by atoms with van der Waals surface area (Å²) in [4.78, 5) is 25.8. The predicted octanol–water partition coefficient (Wildman–Crippen LogP) is 4.07. The average molecular weight is 354 g/mol. The SMILES string of the molecule is CCc1ccc(C=C2SC(=O)N(CCCBr)C2=O)cc1. The number of hydrogen-bond donors (Lipinski definition) is 0. The third-order valence-electron chi connectivity index (χ3n) is 3.07. The van der Waals surface area contributed by atoms with Crippen molar-refractivity contribution < 1.29 is 9.59 Å². The third kappa shape index (κ3) is 3.52. The van der Waals surface area contributed by atoms with Crippen LogP contribution in [0.2, 0.25) is 0 Å². The van der Waals surface area contributed by atoms with E-state index in [1.807, 2.05) is 24.3 Å². The van der Waals surface area contributed by atoms with Crippen molar-refractivity contribution in [2.45, 2.75) is 19.8 Å². The van der Waals surface area contributed by atoms with Gasteiger partial charge in [0.1, 0.15) is 0 Å². The van der Waals surface area contributed by atoms with Gasteiger partial charge < -0.3 is 0 Å². The average Bonchev–Trinajstić information content (AvgIpc) is 2.72. The van der Waals surface area contributed by atoms with Crippen LogP contribution in [0.1, 0.15) is 24.5 Å². The van der Waals surface area contributed by atoms with Gasteiger partial charge in [-0.2, -0.15) is 0 Å². The topological polar surface area (TPSA) is 37.4 Å². The van der Waals surface area contributed by atoms with Crippen molar-refractivity contribution in [2.75, 3.05) is 11.9 Å². The molecule has 0 aromatic heterocycles. The molecule has 0 atom stereocenters. The smallest absolute Gasteiger partial charge is 0.268 e. The molecule has 1 fully saturated rings. The van der Waals surface area contributed by atoms with Gasteiger partial charge in [-0.3, -0.25) is 14.5 Å². The van der Waals surface area contributed by atoms with Crippen LogP contribution in [-0.4, -0.2) is 27.9 Å². The summed E-state index contributed by atoms with van der Waals surface area (Å²) in [7, 11) is 0. The minimum Gasteiger partial charge on any atom is -0.268 e. The van der Waals surface area contributed by atoms with E-state index in [-0.39, 0.29) is 11.1 Å². The Hall–Kier alpha value is -1.07. The van der Waals surface area contributed by atoms with Gasteiger partial charge in [-0.1, -0.05) is 47.1 Å². The van der Waals surface area contributed by atoms with Crippen LogP contribution in [0.4, 0.5) is 4.79 Å². The number of imide groups is 1. The lowest BCUT2D eigenvalue weighted by Gasteiger charge is -2.10. The fraction of sp³-hybridized carbons (Fsp3) is 0.333. The fourth-order valence-electron chi connectivity index (χ4n) is 1.91. The molecule has 0 N–H and O–H groups in total. The lowest BCUT2D eigenvalue weighted by atomic mass is 10.1. The van der Waals surface area contributed by atoms with Crippen molar-refractivity contribution in [3.05, 3.63) is 40.3 Å². The van der Waals surface area contributed by atoms with E-state index in [2.05, 4.69) is 22.9 Å². The Morgan fingerprint density at radius 1 is 1.25 bits per heavy atom. The van der Waals surface area contributed by atoms with E-state index in [1.165, 1.54) is 10.5 Å². The van der Waals surface area contributed by atoms with E-state index in [4.69, 9.17) is 0 Å². The second-order valence-corrected chi connectivity index (χ2v) is 6.26. The van der Waals surface area contributed by atoms with Crippen molar-refractivity contribution in [1.82, 2.24) is 4.90 Å². The maximum absolute atomic E-state index is 12.1. The first-order valence-corrected chi connectivity index (χ1v) is 8.49. The number of carbonyl (C=O) groups excluding carboxylic acids is 2. The molecule has 1 aromatic rings. The summed E-state index contributed by atoms with van der Waals surface area (Å²) in [5.41, 5.74) is 2.21. The van der Waals surface area contributed by atoms with Crippen molar-refractivity contribution >= 4 is 44.9 Å². The Morgan fingerprint density at radius 3 is 2.55 bits per heavy atom. The molecule has 0 aliphatic carbocycles. The van der Waals surface area contributed by atoms with E-state index in [9.17, 15) is 9.59 Å². The number of amides is 2. The molecule has 0 bridgehead atoms. The molecular weight excluding hydrogens is 338 g/mol. The van der Waals surface area contributed by atoms with Gasteiger partial charge in [-0.15, -0.1) is 0 Å². The Balaban J connectivity index is 2.14. The Morgan fingerprint density at radius 2 is 1.95 bits per heavy atom. The monoisotopic (exact) mass is 353 g/mol. The molecule has 1 aliphatic heterocycles. The van der Waals surface area contributed by atoms with E-state index in [0.29, 0.717) is 11.4 Å². The van der Waals surface area contributed by atoms with E-state index >= 15 is 0 Å². The maximum atomic E-state index is 12.1. The van der Waals surface area contributed by atoms with Crippen molar-refractivity contribution in [3.63, 3.8) is 0 Å². The summed E-state index contributed by atoms with van der Waals surface area (Å²) in [6.07, 6.45) is 3.55. The van der Waals surface area contributed by atoms with Gasteiger partial charge in [-0.25, -0.2) is 0 Å². The lowest BCUT2D eigenvalue weighted by molar-refractivity contribution is -0.122. The highest BCUT2D eigenvalue weighted by Gasteiger charge is 2.34. The maximum Gasteiger partial charge on any atom is 0.293 e. The number of hydrogen-bond acceptors (Lipinski definition) is 3. The molecule has 1 saturated heterocycles. The second-order valence-electron chi connectivity index (χ2n) is 4.47. The van der Waals surface area contributed by atoms with Crippen molar-refractivity contribution in [3.8, 4) is 0 Å². The number of rotatable bonds is 5. The van der Waals surface area contributed by atoms with Crippen LogP contribution in [0.3, 0.4) is 0 Å². The third-order valence-corrected chi connectivity index (χ3v) is 4.54. The highest BCUT2D eigenvalue weighted by atomic mass is 79.9. The van der Waals surface area contributed by atoms with Crippen LogP contribution in [0.15, 0.2) is 29.2 Å². The molecule has 0 saturated carbocycles. The molecular formula is C15H16BrNO2S. The molecule has 1 aliphatic rings. The number of benzene rings is 1. The molecule has 20 heavy (non-hydrogen) atoms. The molecule has 1 heterocycles. The Bertz CT molecular complexity index is 539. The number of nitrogens with zero attached hydrogens (tertiary/aromatic N) is 1. The summed E-state index contributed by atoms with van der Waals surface area (Å²) in [6, 6.07) is 8.04. The van der Waals surface area contributed by atoms with Crippen molar-refractivity contribution in [1.29, 1.82) is 0 Å². The summed E-state index contributed by atoms with van der Waals surface area (Å²) < 4.78 is 0. The van der Waals surface area contributed by atoms with Crippen LogP contribution >= 0.6 is 27.7 Å². The summed E-state index contributed by atoms with van der Waals surface area (Å²) in [6.45, 7) is 2.58. The largest absolute Gasteiger partial charge is 0.293 e. The fourth-order valence-corrected chi connectivity index (χ4v) is 3.03. The van der Waals surface area contributed by atoms with Gasteiger partial charge >= 0.3 is 0 Å². The first-order valence-electron chi connectivity index (χ1n) is 6.56. The predicted molar refractivity (Wildman–Crippen MR) is 86.9 cm³/mol. The second kappa shape index (κ2) is 7.09. The van der Waals surface area contributed by atoms with Gasteiger partial charge in [-0.05, 0) is 41.8 Å². The normalized spacial score (nSPS) is 17.3. The van der Waals surface area contributed by atoms with E-state index in [1.54, 1.807) is 6.08 Å². The molecule has 1 aromatic carbocycles. The van der Waals surface area contributed by atoms with Gasteiger partial charge in [0, 0.05) is 11.9 Å². The standard InChI is InChI=1S/C15H16BrNO2S/c1-2-11-4-6-12(7-5-11)10-13-14(18)17(9-3-8-16)15(19)20-13/h4-7,10H,2-3,8-9H2,1H3. The molecule has 0 radical (unpaired) electrons. The first kappa shape index (κ1) is 15.3. The van der Waals surface area contributed by atoms with Crippen LogP contribution < -0.4 is 0 Å². The molecule has 2 amide bonds. The molecule has 0 spiro atoms. The zero-order valence-electron chi connectivity index (χ0n) is 11.3.